The number of anilines is 1. The van der Waals surface area contributed by atoms with Crippen molar-refractivity contribution in [1.29, 1.82) is 5.41 Å². The summed E-state index contributed by atoms with van der Waals surface area (Å²) in [6.45, 7) is 5.31. The molecule has 1 heterocycles. The van der Waals surface area contributed by atoms with Gasteiger partial charge in [0.15, 0.2) is 11.6 Å². The molecule has 0 atom stereocenters. The first kappa shape index (κ1) is 28.3. The molecule has 0 aliphatic carbocycles. The van der Waals surface area contributed by atoms with Gasteiger partial charge in [0.05, 0.1) is 17.0 Å². The number of nitrogen functional groups attached to an aromatic ring is 1. The van der Waals surface area contributed by atoms with E-state index in [0.717, 1.165) is 11.8 Å². The average Bonchev–Trinajstić information content (AvgIpc) is 2.86. The second kappa shape index (κ2) is 12.7. The van der Waals surface area contributed by atoms with Crippen molar-refractivity contribution in [2.45, 2.75) is 27.2 Å². The molecule has 0 saturated carbocycles. The number of allylic oxidation sites excluding steroid dienone is 2. The molecule has 0 fully saturated rings. The number of carbonyl (C=O) groups excluding carboxylic acids is 1. The lowest BCUT2D eigenvalue weighted by atomic mass is 9.94. The van der Waals surface area contributed by atoms with E-state index in [9.17, 15) is 9.18 Å². The Balaban J connectivity index is 2.87. The first-order chi connectivity index (χ1) is 17.6. The van der Waals surface area contributed by atoms with E-state index in [-0.39, 0.29) is 28.6 Å². The maximum atomic E-state index is 14.1. The number of aliphatic imine (C=N–C) groups is 1. The number of amides is 1. The minimum absolute atomic E-state index is 0.0351. The number of hydrogen-bond acceptors (Lipinski definition) is 8. The number of hydrogen-bond donors (Lipinski definition) is 7. The van der Waals surface area contributed by atoms with Crippen LogP contribution in [0.15, 0.2) is 76.3 Å². The summed E-state index contributed by atoms with van der Waals surface area (Å²) >= 11 is 0. The van der Waals surface area contributed by atoms with Gasteiger partial charge in [0.2, 0.25) is 0 Å². The lowest BCUT2D eigenvalue weighted by molar-refractivity contribution is -0.114. The van der Waals surface area contributed by atoms with Gasteiger partial charge in [-0.25, -0.2) is 14.4 Å². The van der Waals surface area contributed by atoms with Crippen molar-refractivity contribution in [3.05, 3.63) is 93.9 Å². The third kappa shape index (κ3) is 6.60. The van der Waals surface area contributed by atoms with E-state index in [4.69, 9.17) is 34.1 Å². The molecule has 1 amide bonds. The van der Waals surface area contributed by atoms with Crippen LogP contribution in [-0.2, 0) is 4.79 Å². The summed E-state index contributed by atoms with van der Waals surface area (Å²) in [4.78, 5) is 20.3. The van der Waals surface area contributed by atoms with Crippen molar-refractivity contribution in [2.24, 2.45) is 27.9 Å². The van der Waals surface area contributed by atoms with Crippen LogP contribution in [0.5, 0.6) is 0 Å². The van der Waals surface area contributed by atoms with E-state index in [1.165, 1.54) is 30.6 Å². The molecule has 0 aliphatic heterocycles. The second-order valence-corrected chi connectivity index (χ2v) is 7.91. The summed E-state index contributed by atoms with van der Waals surface area (Å²) in [7, 11) is 0. The van der Waals surface area contributed by atoms with Crippen LogP contribution in [0, 0.1) is 18.2 Å². The summed E-state index contributed by atoms with van der Waals surface area (Å²) in [5.74, 6) is -1.67. The summed E-state index contributed by atoms with van der Waals surface area (Å²) < 4.78 is 14.1. The summed E-state index contributed by atoms with van der Waals surface area (Å²) in [5, 5.41) is 11.1. The number of nitrogens with two attached hydrogens (primary N) is 5. The molecule has 2 aromatic rings. The Morgan fingerprint density at radius 3 is 2.51 bits per heavy atom. The van der Waals surface area contributed by atoms with Crippen molar-refractivity contribution in [3.8, 4) is 0 Å². The van der Waals surface area contributed by atoms with Crippen LogP contribution < -0.4 is 34.0 Å². The number of rotatable bonds is 10. The smallest absolute Gasteiger partial charge is 0.250 e. The van der Waals surface area contributed by atoms with Crippen molar-refractivity contribution in [1.82, 2.24) is 10.3 Å². The molecule has 11 heteroatoms. The Hall–Kier alpha value is -4.93. The maximum Gasteiger partial charge on any atom is 0.250 e. The van der Waals surface area contributed by atoms with Gasteiger partial charge in [-0.05, 0) is 56.3 Å². The minimum Gasteiger partial charge on any atom is -0.405 e. The van der Waals surface area contributed by atoms with E-state index >= 15 is 0 Å². The Labute approximate surface area is 215 Å². The van der Waals surface area contributed by atoms with Gasteiger partial charge in [0.1, 0.15) is 5.84 Å². The number of aromatic nitrogens is 1. The van der Waals surface area contributed by atoms with Gasteiger partial charge in [0.25, 0.3) is 5.91 Å². The third-order valence-electron chi connectivity index (χ3n) is 5.34. The second-order valence-electron chi connectivity index (χ2n) is 7.91. The van der Waals surface area contributed by atoms with Crippen molar-refractivity contribution < 1.29 is 9.18 Å². The zero-order valence-corrected chi connectivity index (χ0v) is 21.0. The topological polar surface area (TPSA) is 208 Å². The Morgan fingerprint density at radius 2 is 1.95 bits per heavy atom. The van der Waals surface area contributed by atoms with Crippen LogP contribution in [-0.4, -0.2) is 22.9 Å². The Bertz CT molecular complexity index is 1350. The molecule has 37 heavy (non-hydrogen) atoms. The summed E-state index contributed by atoms with van der Waals surface area (Å²) in [5.41, 5.74) is 33.2. The fourth-order valence-electron chi connectivity index (χ4n) is 3.57. The van der Waals surface area contributed by atoms with Crippen molar-refractivity contribution in [3.63, 3.8) is 0 Å². The van der Waals surface area contributed by atoms with Crippen LogP contribution in [0.2, 0.25) is 0 Å². The predicted molar refractivity (Wildman–Crippen MR) is 147 cm³/mol. The number of aryl methyl sites for hydroxylation is 1. The highest BCUT2D eigenvalue weighted by atomic mass is 19.1. The zero-order valence-electron chi connectivity index (χ0n) is 21.0. The van der Waals surface area contributed by atoms with E-state index in [2.05, 4.69) is 15.3 Å². The van der Waals surface area contributed by atoms with Gasteiger partial charge in [-0.2, -0.15) is 0 Å². The number of halogens is 1. The number of nitrogens with one attached hydrogen (secondary N) is 2. The number of primary amides is 1. The van der Waals surface area contributed by atoms with E-state index in [0.29, 0.717) is 34.5 Å². The minimum atomic E-state index is -0.730. The van der Waals surface area contributed by atoms with Crippen LogP contribution >= 0.6 is 0 Å². The monoisotopic (exact) mass is 505 g/mol. The van der Waals surface area contributed by atoms with Crippen molar-refractivity contribution >= 4 is 35.2 Å². The SMILES string of the molecule is CC/C=C(C(N)=O)/C(N)=C(\N/C(C)=C(/C=C\N)C(\N)=N\c1ncccc1F)c1c(C)ccc(N)c1C=N. The summed E-state index contributed by atoms with van der Waals surface area (Å²) in [6, 6.07) is 6.07. The zero-order chi connectivity index (χ0) is 27.7. The molecular formula is C26H32FN9O. The average molecular weight is 506 g/mol. The van der Waals surface area contributed by atoms with Crippen molar-refractivity contribution in [2.75, 3.05) is 5.73 Å². The molecular weight excluding hydrogens is 473 g/mol. The van der Waals surface area contributed by atoms with Gasteiger partial charge in [-0.15, -0.1) is 0 Å². The summed E-state index contributed by atoms with van der Waals surface area (Å²) in [6.07, 6.45) is 7.28. The quantitative estimate of drug-likeness (QED) is 0.0842. The van der Waals surface area contributed by atoms with E-state index in [1.54, 1.807) is 25.1 Å². The van der Waals surface area contributed by atoms with Crippen LogP contribution in [0.4, 0.5) is 15.9 Å². The van der Waals surface area contributed by atoms with E-state index in [1.807, 2.05) is 13.8 Å². The number of pyridine rings is 1. The van der Waals surface area contributed by atoms with Gasteiger partial charge >= 0.3 is 0 Å². The lowest BCUT2D eigenvalue weighted by Gasteiger charge is -2.22. The highest BCUT2D eigenvalue weighted by molar-refractivity contribution is 6.03. The fraction of sp³-hybridized carbons (Fsp3) is 0.154. The van der Waals surface area contributed by atoms with E-state index < -0.39 is 11.7 Å². The standard InChI is InChI=1S/C26H32FN9O/c1-4-6-17(25(33)37)22(31)23(21-14(2)8-9-20(30)18(21)13-29)35-15(3)16(10-11-28)24(32)36-26-19(27)7-5-12-34-26/h5-13,29,35H,4,28,30-31H2,1-3H3,(H2,33,37)(H2,32,34,36)/b11-10-,16-15-,17-6-,23-22+,29-13?. The highest BCUT2D eigenvalue weighted by Gasteiger charge is 2.21. The number of amidine groups is 1. The number of benzene rings is 1. The molecule has 0 unspecified atom stereocenters. The van der Waals surface area contributed by atoms with Crippen LogP contribution in [0.1, 0.15) is 37.0 Å². The lowest BCUT2D eigenvalue weighted by Crippen LogP contribution is -2.26. The molecule has 0 radical (unpaired) electrons. The largest absolute Gasteiger partial charge is 0.405 e. The number of carbonyl (C=O) groups is 1. The van der Waals surface area contributed by atoms with Gasteiger partial charge in [0, 0.05) is 40.5 Å². The normalized spacial score (nSPS) is 13.7. The maximum absolute atomic E-state index is 14.1. The number of nitrogens with zero attached hydrogens (tertiary/aromatic N) is 2. The molecule has 2 rings (SSSR count). The first-order valence-corrected chi connectivity index (χ1v) is 11.3. The molecule has 194 valence electrons. The highest BCUT2D eigenvalue weighted by Crippen LogP contribution is 2.29. The van der Waals surface area contributed by atoms with Crippen LogP contribution in [0.3, 0.4) is 0 Å². The molecule has 1 aromatic carbocycles. The third-order valence-corrected chi connectivity index (χ3v) is 5.34. The molecule has 0 aliphatic rings. The predicted octanol–water partition coefficient (Wildman–Crippen LogP) is 2.58. The van der Waals surface area contributed by atoms with Gasteiger partial charge in [-0.1, -0.05) is 19.1 Å². The fourth-order valence-corrected chi connectivity index (χ4v) is 3.57. The molecule has 12 N–H and O–H groups in total. The van der Waals surface area contributed by atoms with Gasteiger partial charge in [-0.3, -0.25) is 4.79 Å². The van der Waals surface area contributed by atoms with Gasteiger partial charge < -0.3 is 39.4 Å². The first-order valence-electron chi connectivity index (χ1n) is 11.3. The molecule has 1 aromatic heterocycles. The Kier molecular flexibility index (Phi) is 9.70. The molecule has 0 spiro atoms. The molecule has 0 saturated heterocycles. The molecule has 10 nitrogen and oxygen atoms in total. The molecule has 0 bridgehead atoms. The van der Waals surface area contributed by atoms with Crippen LogP contribution in [0.25, 0.3) is 5.70 Å². The Morgan fingerprint density at radius 1 is 1.24 bits per heavy atom.